The molecule has 1 amide bonds. The molecule has 3 rings (SSSR count). The highest BCUT2D eigenvalue weighted by Gasteiger charge is 2.21. The molecule has 1 aromatic heterocycles. The molecular weight excluding hydrogens is 423 g/mol. The van der Waals surface area contributed by atoms with Gasteiger partial charge < -0.3 is 14.7 Å². The molecule has 29 heavy (non-hydrogen) atoms. The van der Waals surface area contributed by atoms with Gasteiger partial charge in [-0.3, -0.25) is 10.1 Å². The van der Waals surface area contributed by atoms with Gasteiger partial charge in [-0.25, -0.2) is 13.9 Å². The molecule has 2 atom stereocenters. The van der Waals surface area contributed by atoms with Crippen LogP contribution in [0, 0.1) is 5.13 Å². The van der Waals surface area contributed by atoms with Crippen molar-refractivity contribution < 1.29 is 28.1 Å². The molecule has 1 aliphatic rings. The van der Waals surface area contributed by atoms with Gasteiger partial charge in [-0.1, -0.05) is 28.6 Å². The van der Waals surface area contributed by atoms with Gasteiger partial charge in [0.25, 0.3) is 5.91 Å². The van der Waals surface area contributed by atoms with E-state index in [-0.39, 0.29) is 30.1 Å². The lowest BCUT2D eigenvalue weighted by Crippen LogP contribution is -2.25. The molecule has 0 radical (unpaired) electrons. The maximum Gasteiger partial charge on any atom is 0.280 e. The average Bonchev–Trinajstić information content (AvgIpc) is 3.38. The van der Waals surface area contributed by atoms with Gasteiger partial charge in [0, 0.05) is 18.5 Å². The largest absolute Gasteiger partial charge is 0.395 e. The van der Waals surface area contributed by atoms with Crippen molar-refractivity contribution in [3.05, 3.63) is 41.2 Å². The average molecular weight is 442 g/mol. The third-order valence-corrected chi connectivity index (χ3v) is 5.65. The van der Waals surface area contributed by atoms with Gasteiger partial charge in [-0.2, -0.15) is 4.39 Å². The zero-order valence-corrected chi connectivity index (χ0v) is 16.8. The lowest BCUT2D eigenvalue weighted by molar-refractivity contribution is -0.110. The van der Waals surface area contributed by atoms with Crippen LogP contribution in [0.4, 0.5) is 9.52 Å². The molecule has 1 unspecified atom stereocenters. The van der Waals surface area contributed by atoms with Gasteiger partial charge in [-0.05, 0) is 12.1 Å². The van der Waals surface area contributed by atoms with Gasteiger partial charge in [0.15, 0.2) is 22.1 Å². The number of anilines is 1. The van der Waals surface area contributed by atoms with Gasteiger partial charge in [-0.15, -0.1) is 0 Å². The first kappa shape index (κ1) is 21.5. The molecule has 3 N–H and O–H groups in total. The number of nitrogens with one attached hydrogen (secondary N) is 2. The van der Waals surface area contributed by atoms with Crippen LogP contribution in [0.3, 0.4) is 0 Å². The number of amides is 1. The summed E-state index contributed by atoms with van der Waals surface area (Å²) in [6, 6.07) is 6.28. The number of aliphatic hydroxyl groups excluding tert-OH is 1. The predicted molar refractivity (Wildman–Crippen MR) is 105 cm³/mol. The second kappa shape index (κ2) is 10.5. The number of halogens is 1. The number of nitrogens with zero attached hydrogens (tertiary/aromatic N) is 2. The standard InChI is InChI=1S/C17H19FN4O5S2/c18-14-9-19-17(28-14)21-16(24)15(22-27-12-5-8-26-10-12)11-1-3-13(4-2-11)29(25)20-6-7-23/h1-4,9,12,20,23H,5-8,10H2,(H,19,21,24)/b22-15+/t12-,29?/m1/s1. The van der Waals surface area contributed by atoms with Crippen LogP contribution in [0.2, 0.25) is 0 Å². The Morgan fingerprint density at radius 2 is 2.24 bits per heavy atom. The van der Waals surface area contributed by atoms with E-state index >= 15 is 0 Å². The first-order chi connectivity index (χ1) is 14.1. The van der Waals surface area contributed by atoms with E-state index in [1.54, 1.807) is 24.3 Å². The molecule has 1 aromatic carbocycles. The lowest BCUT2D eigenvalue weighted by atomic mass is 10.1. The van der Waals surface area contributed by atoms with Crippen LogP contribution in [-0.2, 0) is 25.4 Å². The van der Waals surface area contributed by atoms with E-state index in [0.29, 0.717) is 41.4 Å². The summed E-state index contributed by atoms with van der Waals surface area (Å²) in [6.07, 6.45) is 1.40. The summed E-state index contributed by atoms with van der Waals surface area (Å²) in [5, 5.41) is 14.8. The summed E-state index contributed by atoms with van der Waals surface area (Å²) in [6.45, 7) is 0.984. The number of aliphatic hydroxyl groups is 1. The number of aromatic nitrogens is 1. The van der Waals surface area contributed by atoms with Crippen molar-refractivity contribution in [2.75, 3.05) is 31.7 Å². The quantitative estimate of drug-likeness (QED) is 0.394. The van der Waals surface area contributed by atoms with Gasteiger partial charge in [0.2, 0.25) is 0 Å². The maximum absolute atomic E-state index is 13.1. The summed E-state index contributed by atoms with van der Waals surface area (Å²) >= 11 is 0.692. The van der Waals surface area contributed by atoms with E-state index in [9.17, 15) is 13.4 Å². The van der Waals surface area contributed by atoms with Crippen molar-refractivity contribution in [3.63, 3.8) is 0 Å². The highest BCUT2D eigenvalue weighted by Crippen LogP contribution is 2.17. The van der Waals surface area contributed by atoms with E-state index in [0.717, 1.165) is 6.20 Å². The van der Waals surface area contributed by atoms with Crippen LogP contribution in [-0.4, -0.2) is 58.4 Å². The fraction of sp³-hybridized carbons (Fsp3) is 0.353. The maximum atomic E-state index is 13.1. The minimum atomic E-state index is -1.50. The number of thiazole rings is 1. The SMILES string of the molecule is O=C(Nc1ncc(F)s1)/C(=N/O[C@@H]1CCOC1)c1ccc(S(=O)NCCO)cc1. The normalized spacial score (nSPS) is 17.9. The van der Waals surface area contributed by atoms with E-state index in [2.05, 4.69) is 20.2 Å². The number of rotatable bonds is 9. The second-order valence-electron chi connectivity index (χ2n) is 5.87. The number of ether oxygens (including phenoxy) is 1. The highest BCUT2D eigenvalue weighted by atomic mass is 32.2. The molecule has 0 saturated carbocycles. The van der Waals surface area contributed by atoms with Crippen LogP contribution in [0.1, 0.15) is 12.0 Å². The van der Waals surface area contributed by atoms with Gasteiger partial charge in [0.1, 0.15) is 11.0 Å². The molecule has 1 aliphatic heterocycles. The number of carbonyl (C=O) groups excluding carboxylic acids is 1. The van der Waals surface area contributed by atoms with Crippen LogP contribution in [0.25, 0.3) is 0 Å². The Labute approximate surface area is 172 Å². The van der Waals surface area contributed by atoms with E-state index < -0.39 is 22.0 Å². The monoisotopic (exact) mass is 442 g/mol. The van der Waals surface area contributed by atoms with Crippen molar-refractivity contribution in [1.82, 2.24) is 9.71 Å². The fourth-order valence-corrected chi connectivity index (χ4v) is 3.74. The predicted octanol–water partition coefficient (Wildman–Crippen LogP) is 1.03. The topological polar surface area (TPSA) is 122 Å². The number of hydrogen-bond acceptors (Lipinski definition) is 8. The molecule has 156 valence electrons. The number of carbonyl (C=O) groups is 1. The zero-order valence-electron chi connectivity index (χ0n) is 15.2. The Balaban J connectivity index is 1.78. The lowest BCUT2D eigenvalue weighted by Gasteiger charge is -2.10. The summed E-state index contributed by atoms with van der Waals surface area (Å²) in [5.74, 6) is -0.620. The van der Waals surface area contributed by atoms with Crippen LogP contribution in [0.5, 0.6) is 0 Å². The van der Waals surface area contributed by atoms with Crippen molar-refractivity contribution in [3.8, 4) is 0 Å². The van der Waals surface area contributed by atoms with Crippen LogP contribution in [0.15, 0.2) is 40.5 Å². The number of hydrogen-bond donors (Lipinski definition) is 3. The molecule has 1 saturated heterocycles. The van der Waals surface area contributed by atoms with E-state index in [4.69, 9.17) is 14.7 Å². The van der Waals surface area contributed by atoms with Crippen LogP contribution >= 0.6 is 11.3 Å². The second-order valence-corrected chi connectivity index (χ2v) is 8.14. The van der Waals surface area contributed by atoms with Gasteiger partial charge >= 0.3 is 0 Å². The molecule has 0 aliphatic carbocycles. The Hall–Kier alpha value is -2.25. The smallest absolute Gasteiger partial charge is 0.280 e. The molecule has 1 fully saturated rings. The Morgan fingerprint density at radius 3 is 2.86 bits per heavy atom. The fourth-order valence-electron chi connectivity index (χ4n) is 2.38. The summed E-state index contributed by atoms with van der Waals surface area (Å²) in [5.41, 5.74) is 0.384. The summed E-state index contributed by atoms with van der Waals surface area (Å²) in [4.78, 5) is 22.3. The minimum absolute atomic E-state index is 0.0341. The van der Waals surface area contributed by atoms with Crippen molar-refractivity contribution in [1.29, 1.82) is 0 Å². The van der Waals surface area contributed by atoms with Crippen molar-refractivity contribution >= 4 is 39.1 Å². The minimum Gasteiger partial charge on any atom is -0.395 e. The van der Waals surface area contributed by atoms with E-state index in [1.165, 1.54) is 0 Å². The van der Waals surface area contributed by atoms with Crippen LogP contribution < -0.4 is 10.0 Å². The first-order valence-corrected chi connectivity index (χ1v) is 10.6. The van der Waals surface area contributed by atoms with Gasteiger partial charge in [0.05, 0.1) is 30.9 Å². The molecule has 0 spiro atoms. The molecule has 2 aromatic rings. The summed E-state index contributed by atoms with van der Waals surface area (Å²) in [7, 11) is -1.50. The summed E-state index contributed by atoms with van der Waals surface area (Å²) < 4.78 is 33.1. The number of oxime groups is 1. The number of benzene rings is 1. The van der Waals surface area contributed by atoms with E-state index in [1.807, 2.05) is 0 Å². The highest BCUT2D eigenvalue weighted by molar-refractivity contribution is 7.83. The molecule has 9 nitrogen and oxygen atoms in total. The van der Waals surface area contributed by atoms with Crippen molar-refractivity contribution in [2.24, 2.45) is 5.16 Å². The molecule has 12 heteroatoms. The molecular formula is C17H19FN4O5S2. The Bertz CT molecular complexity index is 884. The molecule has 2 heterocycles. The zero-order chi connectivity index (χ0) is 20.6. The van der Waals surface area contributed by atoms with Crippen molar-refractivity contribution in [2.45, 2.75) is 17.4 Å². The third kappa shape index (κ3) is 6.11. The third-order valence-electron chi connectivity index (χ3n) is 3.78. The first-order valence-electron chi connectivity index (χ1n) is 8.67. The Kier molecular flexibility index (Phi) is 7.77. The Morgan fingerprint density at radius 1 is 1.45 bits per heavy atom. The molecule has 0 bridgehead atoms.